The van der Waals surface area contributed by atoms with E-state index < -0.39 is 22.9 Å². The number of nitrogens with zero attached hydrogens (tertiary/aromatic N) is 4. The molecule has 0 radical (unpaired) electrons. The van der Waals surface area contributed by atoms with Crippen LogP contribution in [0.25, 0.3) is 10.8 Å². The van der Waals surface area contributed by atoms with Crippen LogP contribution in [0.3, 0.4) is 0 Å². The number of rotatable bonds is 10. The van der Waals surface area contributed by atoms with Gasteiger partial charge in [0.05, 0.1) is 0 Å². The van der Waals surface area contributed by atoms with Crippen LogP contribution in [0, 0.1) is 0 Å². The number of hydrogen-bond donors (Lipinski definition) is 2. The Hall–Kier alpha value is -4.11. The topological polar surface area (TPSA) is 116 Å². The van der Waals surface area contributed by atoms with Crippen LogP contribution in [0.1, 0.15) is 19.4 Å². The molecule has 9 heteroatoms. The predicted molar refractivity (Wildman–Crippen MR) is 131 cm³/mol. The molecule has 0 aliphatic carbocycles. The van der Waals surface area contributed by atoms with Crippen molar-refractivity contribution in [2.45, 2.75) is 26.3 Å². The quantitative estimate of drug-likeness (QED) is 0.273. The van der Waals surface area contributed by atoms with Gasteiger partial charge in [-0.2, -0.15) is 0 Å². The monoisotopic (exact) mass is 459 g/mol. The third-order valence-corrected chi connectivity index (χ3v) is 5.80. The first kappa shape index (κ1) is 23.1. The predicted octanol–water partition coefficient (Wildman–Crippen LogP) is 2.73. The van der Waals surface area contributed by atoms with E-state index in [-0.39, 0.29) is 12.1 Å². The van der Waals surface area contributed by atoms with Gasteiger partial charge in [0.15, 0.2) is 0 Å². The van der Waals surface area contributed by atoms with Gasteiger partial charge in [-0.25, -0.2) is 14.8 Å². The minimum Gasteiger partial charge on any atom is -0.480 e. The van der Waals surface area contributed by atoms with Gasteiger partial charge in [-0.3, -0.25) is 19.6 Å². The highest BCUT2D eigenvalue weighted by atomic mass is 16.4. The minimum atomic E-state index is -1.07. The Morgan fingerprint density at radius 2 is 1.76 bits per heavy atom. The molecule has 34 heavy (non-hydrogen) atoms. The molecule has 2 aromatic carbocycles. The lowest BCUT2D eigenvalue weighted by Crippen LogP contribution is -2.57. The van der Waals surface area contributed by atoms with E-state index in [0.717, 1.165) is 22.0 Å². The SMILES string of the molecule is CCN(CC)N(c1cc(=O)c1=O)C(Cc1ccc(Nc2nccc3ccncc23)cc1)C(=O)O. The Labute approximate surface area is 196 Å². The standard InChI is InChI=1S/C25H25N5O4/c1-3-29(4-2)30(20-14-22(31)23(20)32)21(25(33)34)13-16-5-7-18(8-6-16)28-24-19-15-26-11-9-17(19)10-12-27-24/h5-12,14-15,21H,3-4,13H2,1-2H3,(H,27,28)(H,33,34). The van der Waals surface area contributed by atoms with Crippen LogP contribution in [0.5, 0.6) is 0 Å². The van der Waals surface area contributed by atoms with E-state index >= 15 is 0 Å². The third kappa shape index (κ3) is 4.51. The van der Waals surface area contributed by atoms with Crippen molar-refractivity contribution in [2.75, 3.05) is 23.4 Å². The van der Waals surface area contributed by atoms with Crippen molar-refractivity contribution in [3.8, 4) is 0 Å². The molecular formula is C25H25N5O4. The fourth-order valence-corrected chi connectivity index (χ4v) is 3.99. The summed E-state index contributed by atoms with van der Waals surface area (Å²) in [6, 6.07) is 11.4. The largest absolute Gasteiger partial charge is 0.480 e. The number of carbonyl (C=O) groups is 1. The lowest BCUT2D eigenvalue weighted by Gasteiger charge is -2.39. The average Bonchev–Trinajstić information content (AvgIpc) is 2.86. The van der Waals surface area contributed by atoms with E-state index in [4.69, 9.17) is 0 Å². The number of aromatic nitrogens is 2. The van der Waals surface area contributed by atoms with Crippen molar-refractivity contribution >= 4 is 33.9 Å². The van der Waals surface area contributed by atoms with E-state index in [1.807, 2.05) is 50.2 Å². The number of nitrogens with one attached hydrogen (secondary N) is 1. The molecule has 1 unspecified atom stereocenters. The van der Waals surface area contributed by atoms with Gasteiger partial charge in [0.1, 0.15) is 17.5 Å². The number of aliphatic carboxylic acids is 1. The van der Waals surface area contributed by atoms with Crippen LogP contribution in [0.15, 0.2) is 70.6 Å². The highest BCUT2D eigenvalue weighted by Gasteiger charge is 2.33. The molecule has 0 spiro atoms. The van der Waals surface area contributed by atoms with Crippen LogP contribution in [0.2, 0.25) is 0 Å². The molecule has 174 valence electrons. The maximum absolute atomic E-state index is 12.2. The molecule has 2 N–H and O–H groups in total. The van der Waals surface area contributed by atoms with Gasteiger partial charge >= 0.3 is 5.97 Å². The molecule has 0 saturated heterocycles. The Bertz CT molecular complexity index is 1370. The molecule has 0 fully saturated rings. The number of benzene rings is 1. The van der Waals surface area contributed by atoms with E-state index in [2.05, 4.69) is 15.3 Å². The Morgan fingerprint density at radius 1 is 1.06 bits per heavy atom. The second kappa shape index (κ2) is 9.80. The molecule has 4 rings (SSSR count). The summed E-state index contributed by atoms with van der Waals surface area (Å²) in [6.07, 6.45) is 5.35. The summed E-state index contributed by atoms with van der Waals surface area (Å²) >= 11 is 0. The van der Waals surface area contributed by atoms with Crippen molar-refractivity contribution in [2.24, 2.45) is 0 Å². The first-order valence-corrected chi connectivity index (χ1v) is 11.0. The number of hydrazine groups is 1. The highest BCUT2D eigenvalue weighted by Crippen LogP contribution is 2.24. The molecule has 0 saturated carbocycles. The zero-order valence-corrected chi connectivity index (χ0v) is 18.9. The van der Waals surface area contributed by atoms with Gasteiger partial charge in [-0.05, 0) is 35.2 Å². The minimum absolute atomic E-state index is 0.120. The van der Waals surface area contributed by atoms with Crippen molar-refractivity contribution in [3.05, 3.63) is 87.1 Å². The third-order valence-electron chi connectivity index (χ3n) is 5.80. The average molecular weight is 460 g/mol. The number of fused-ring (bicyclic) bond motifs is 1. The number of anilines is 3. The second-order valence-corrected chi connectivity index (χ2v) is 7.84. The van der Waals surface area contributed by atoms with Gasteiger partial charge in [0, 0.05) is 55.2 Å². The normalized spacial score (nSPS) is 12.2. The van der Waals surface area contributed by atoms with Crippen molar-refractivity contribution in [1.29, 1.82) is 0 Å². The maximum Gasteiger partial charge on any atom is 0.328 e. The summed E-state index contributed by atoms with van der Waals surface area (Å²) in [6.45, 7) is 4.74. The van der Waals surface area contributed by atoms with Crippen LogP contribution in [-0.2, 0) is 11.2 Å². The van der Waals surface area contributed by atoms with Crippen molar-refractivity contribution in [3.63, 3.8) is 0 Å². The van der Waals surface area contributed by atoms with Crippen molar-refractivity contribution in [1.82, 2.24) is 15.0 Å². The Morgan fingerprint density at radius 3 is 2.38 bits per heavy atom. The smallest absolute Gasteiger partial charge is 0.328 e. The molecule has 0 bridgehead atoms. The summed E-state index contributed by atoms with van der Waals surface area (Å²) in [5, 5.41) is 18.4. The summed E-state index contributed by atoms with van der Waals surface area (Å²) in [7, 11) is 0. The van der Waals surface area contributed by atoms with Gasteiger partial charge in [-0.1, -0.05) is 26.0 Å². The maximum atomic E-state index is 12.2. The molecule has 1 atom stereocenters. The number of carboxylic acids is 1. The van der Waals surface area contributed by atoms with Gasteiger partial charge in [-0.15, -0.1) is 0 Å². The van der Waals surface area contributed by atoms with E-state index in [1.54, 1.807) is 23.6 Å². The lowest BCUT2D eigenvalue weighted by atomic mass is 10.0. The highest BCUT2D eigenvalue weighted by molar-refractivity contribution is 5.92. The molecular weight excluding hydrogens is 434 g/mol. The van der Waals surface area contributed by atoms with Crippen molar-refractivity contribution < 1.29 is 9.90 Å². The number of hydrogen-bond acceptors (Lipinski definition) is 8. The molecule has 2 aromatic heterocycles. The van der Waals surface area contributed by atoms with E-state index in [1.165, 1.54) is 11.1 Å². The Balaban J connectivity index is 1.57. The first-order chi connectivity index (χ1) is 16.4. The molecule has 0 aliphatic heterocycles. The van der Waals surface area contributed by atoms with Gasteiger partial charge < -0.3 is 10.4 Å². The number of carboxylic acid groups (broad SMARTS) is 1. The molecule has 9 nitrogen and oxygen atoms in total. The molecule has 0 amide bonds. The summed E-state index contributed by atoms with van der Waals surface area (Å²) < 4.78 is 0. The molecule has 0 aliphatic rings. The summed E-state index contributed by atoms with van der Waals surface area (Å²) in [5.41, 5.74) is 0.428. The van der Waals surface area contributed by atoms with E-state index in [9.17, 15) is 19.5 Å². The first-order valence-electron chi connectivity index (χ1n) is 11.0. The van der Waals surface area contributed by atoms with Gasteiger partial charge in [0.25, 0.3) is 0 Å². The summed E-state index contributed by atoms with van der Waals surface area (Å²) in [5.74, 6) is -0.399. The zero-order chi connectivity index (χ0) is 24.2. The second-order valence-electron chi connectivity index (χ2n) is 7.84. The van der Waals surface area contributed by atoms with Crippen LogP contribution >= 0.6 is 0 Å². The van der Waals surface area contributed by atoms with Gasteiger partial charge in [0.2, 0.25) is 10.9 Å². The molecule has 2 heterocycles. The fraction of sp³-hybridized carbons (Fsp3) is 0.240. The Kier molecular flexibility index (Phi) is 6.65. The molecule has 4 aromatic rings. The van der Waals surface area contributed by atoms with Crippen LogP contribution in [-0.4, -0.2) is 45.2 Å². The lowest BCUT2D eigenvalue weighted by molar-refractivity contribution is -0.139. The van der Waals surface area contributed by atoms with E-state index in [0.29, 0.717) is 18.9 Å². The fourth-order valence-electron chi connectivity index (χ4n) is 3.99. The zero-order valence-electron chi connectivity index (χ0n) is 18.9. The van der Waals surface area contributed by atoms with Crippen LogP contribution < -0.4 is 21.2 Å². The number of pyridine rings is 2. The van der Waals surface area contributed by atoms with Crippen LogP contribution in [0.4, 0.5) is 17.2 Å². The summed E-state index contributed by atoms with van der Waals surface area (Å²) in [4.78, 5) is 44.5.